The highest BCUT2D eigenvalue weighted by Gasteiger charge is 2.46. The van der Waals surface area contributed by atoms with E-state index in [1.165, 1.54) is 0 Å². The summed E-state index contributed by atoms with van der Waals surface area (Å²) in [6.45, 7) is 2.66. The highest BCUT2D eigenvalue weighted by atomic mass is 35.5. The van der Waals surface area contributed by atoms with Crippen molar-refractivity contribution in [2.45, 2.75) is 25.4 Å². The van der Waals surface area contributed by atoms with Gasteiger partial charge in [0.1, 0.15) is 16.6 Å². The lowest BCUT2D eigenvalue weighted by molar-refractivity contribution is 0.170. The fraction of sp³-hybridized carbons (Fsp3) is 0.350. The van der Waals surface area contributed by atoms with Gasteiger partial charge in [0.2, 0.25) is 5.88 Å². The van der Waals surface area contributed by atoms with Gasteiger partial charge in [0, 0.05) is 31.2 Å². The van der Waals surface area contributed by atoms with Crippen LogP contribution in [0.3, 0.4) is 0 Å². The zero-order valence-electron chi connectivity index (χ0n) is 15.6. The molecule has 150 valence electrons. The predicted molar refractivity (Wildman–Crippen MR) is 112 cm³/mol. The van der Waals surface area contributed by atoms with Crippen LogP contribution in [0.1, 0.15) is 24.6 Å². The Bertz CT molecular complexity index is 1030. The van der Waals surface area contributed by atoms with Gasteiger partial charge < -0.3 is 15.4 Å². The molecule has 1 spiro atoms. The zero-order valence-corrected chi connectivity index (χ0v) is 17.1. The van der Waals surface area contributed by atoms with Crippen molar-refractivity contribution in [2.24, 2.45) is 11.1 Å². The van der Waals surface area contributed by atoms with Gasteiger partial charge in [-0.2, -0.15) is 5.10 Å². The minimum absolute atomic E-state index is 0.0384. The van der Waals surface area contributed by atoms with E-state index in [1.54, 1.807) is 30.6 Å². The maximum Gasteiger partial charge on any atom is 0.238 e. The zero-order chi connectivity index (χ0) is 20.0. The van der Waals surface area contributed by atoms with Gasteiger partial charge in [0.05, 0.1) is 29.2 Å². The molecule has 9 heteroatoms. The number of nitrogens with zero attached hydrogens (tertiary/aromatic N) is 5. The Hall–Kier alpha value is -2.35. The van der Waals surface area contributed by atoms with Crippen LogP contribution in [0.5, 0.6) is 11.6 Å². The molecule has 2 aliphatic heterocycles. The van der Waals surface area contributed by atoms with Gasteiger partial charge in [-0.05, 0) is 31.0 Å². The summed E-state index contributed by atoms with van der Waals surface area (Å²) >= 11 is 12.2. The van der Waals surface area contributed by atoms with E-state index in [0.717, 1.165) is 44.0 Å². The van der Waals surface area contributed by atoms with E-state index in [4.69, 9.17) is 33.7 Å². The van der Waals surface area contributed by atoms with E-state index in [0.29, 0.717) is 21.7 Å². The molecule has 4 heterocycles. The number of halogens is 2. The summed E-state index contributed by atoms with van der Waals surface area (Å²) < 4.78 is 7.76. The quantitative estimate of drug-likeness (QED) is 0.673. The lowest BCUT2D eigenvalue weighted by Gasteiger charge is -2.41. The van der Waals surface area contributed by atoms with E-state index in [1.807, 2.05) is 16.9 Å². The molecule has 0 amide bonds. The van der Waals surface area contributed by atoms with Gasteiger partial charge in [-0.3, -0.25) is 4.68 Å². The molecule has 5 rings (SSSR count). The van der Waals surface area contributed by atoms with Gasteiger partial charge >= 0.3 is 0 Å². The van der Waals surface area contributed by atoms with Crippen molar-refractivity contribution >= 4 is 29.0 Å². The fourth-order valence-electron chi connectivity index (χ4n) is 4.30. The average Bonchev–Trinajstić information content (AvgIpc) is 3.28. The molecule has 0 radical (unpaired) electrons. The van der Waals surface area contributed by atoms with Crippen molar-refractivity contribution in [3.8, 4) is 11.6 Å². The first-order valence-electron chi connectivity index (χ1n) is 9.52. The first-order valence-corrected chi connectivity index (χ1v) is 10.3. The monoisotopic (exact) mass is 430 g/mol. The van der Waals surface area contributed by atoms with Gasteiger partial charge in [-0.25, -0.2) is 9.97 Å². The molecule has 1 atom stereocenters. The number of piperidine rings is 1. The minimum Gasteiger partial charge on any atom is -0.436 e. The van der Waals surface area contributed by atoms with Crippen LogP contribution in [0.25, 0.3) is 0 Å². The minimum atomic E-state index is 0.0384. The van der Waals surface area contributed by atoms with Gasteiger partial charge in [0.25, 0.3) is 0 Å². The van der Waals surface area contributed by atoms with Crippen LogP contribution < -0.4 is 15.4 Å². The van der Waals surface area contributed by atoms with Crippen LogP contribution in [0.15, 0.2) is 42.9 Å². The number of aromatic nitrogens is 4. The fourth-order valence-corrected chi connectivity index (χ4v) is 4.63. The summed E-state index contributed by atoms with van der Waals surface area (Å²) in [4.78, 5) is 11.1. The van der Waals surface area contributed by atoms with Gasteiger partial charge in [-0.1, -0.05) is 29.3 Å². The predicted octanol–water partition coefficient (Wildman–Crippen LogP) is 4.07. The summed E-state index contributed by atoms with van der Waals surface area (Å²) in [6, 6.07) is 7.29. The van der Waals surface area contributed by atoms with Gasteiger partial charge in [-0.15, -0.1) is 0 Å². The number of anilines is 1. The SMILES string of the molecule is N[C@@H]1c2ccnn2CC12CCN(c1cnc(Oc3cccc(Cl)c3Cl)cn1)CC2. The van der Waals surface area contributed by atoms with Crippen molar-refractivity contribution in [3.05, 3.63) is 58.6 Å². The third kappa shape index (κ3) is 3.23. The molecule has 2 N–H and O–H groups in total. The first-order chi connectivity index (χ1) is 14.1. The van der Waals surface area contributed by atoms with E-state index in [-0.39, 0.29) is 11.5 Å². The third-order valence-electron chi connectivity index (χ3n) is 6.02. The molecule has 0 aliphatic carbocycles. The van der Waals surface area contributed by atoms with Crippen LogP contribution in [0, 0.1) is 5.41 Å². The molecule has 2 aromatic heterocycles. The maximum atomic E-state index is 6.56. The Labute approximate surface area is 178 Å². The van der Waals surface area contributed by atoms with E-state index < -0.39 is 0 Å². The van der Waals surface area contributed by atoms with Gasteiger partial charge in [0.15, 0.2) is 0 Å². The van der Waals surface area contributed by atoms with Crippen LogP contribution in [-0.4, -0.2) is 32.8 Å². The number of benzene rings is 1. The second kappa shape index (κ2) is 7.16. The first kappa shape index (κ1) is 18.7. The molecule has 1 aromatic carbocycles. The number of rotatable bonds is 3. The molecule has 1 fully saturated rings. The Morgan fingerprint density at radius 2 is 1.93 bits per heavy atom. The Morgan fingerprint density at radius 1 is 1.10 bits per heavy atom. The smallest absolute Gasteiger partial charge is 0.238 e. The highest BCUT2D eigenvalue weighted by molar-refractivity contribution is 6.42. The molecule has 0 saturated carbocycles. The number of hydrogen-bond donors (Lipinski definition) is 1. The molecular weight excluding hydrogens is 411 g/mol. The maximum absolute atomic E-state index is 6.56. The number of hydrogen-bond acceptors (Lipinski definition) is 6. The second-order valence-electron chi connectivity index (χ2n) is 7.61. The van der Waals surface area contributed by atoms with E-state index in [2.05, 4.69) is 20.0 Å². The standard InChI is InChI=1S/C20H20Cl2N6O/c21-13-2-1-3-15(18(13)22)29-17-11-24-16(10-25-17)27-8-5-20(6-9-27)12-28-14(19(20)23)4-7-26-28/h1-4,7,10-11,19H,5-6,8-9,12,23H2/t19-/m1/s1. The molecule has 1 saturated heterocycles. The van der Waals surface area contributed by atoms with Crippen molar-refractivity contribution in [1.29, 1.82) is 0 Å². The molecular formula is C20H20Cl2N6O. The lowest BCUT2D eigenvalue weighted by atomic mass is 9.73. The van der Waals surface area contributed by atoms with Crippen molar-refractivity contribution < 1.29 is 4.74 Å². The van der Waals surface area contributed by atoms with Crippen LogP contribution in [0.4, 0.5) is 5.82 Å². The third-order valence-corrected chi connectivity index (χ3v) is 6.82. The highest BCUT2D eigenvalue weighted by Crippen LogP contribution is 2.47. The van der Waals surface area contributed by atoms with Crippen molar-refractivity contribution in [2.75, 3.05) is 18.0 Å². The second-order valence-corrected chi connectivity index (χ2v) is 8.39. The number of fused-ring (bicyclic) bond motifs is 1. The molecule has 2 aliphatic rings. The Kier molecular flexibility index (Phi) is 4.61. The largest absolute Gasteiger partial charge is 0.436 e. The Balaban J connectivity index is 1.25. The summed E-state index contributed by atoms with van der Waals surface area (Å²) in [5.41, 5.74) is 7.78. The summed E-state index contributed by atoms with van der Waals surface area (Å²) in [5.74, 6) is 1.65. The van der Waals surface area contributed by atoms with E-state index >= 15 is 0 Å². The van der Waals surface area contributed by atoms with Crippen LogP contribution in [0.2, 0.25) is 10.0 Å². The molecule has 7 nitrogen and oxygen atoms in total. The lowest BCUT2D eigenvalue weighted by Crippen LogP contribution is -2.45. The van der Waals surface area contributed by atoms with Crippen LogP contribution in [-0.2, 0) is 6.54 Å². The van der Waals surface area contributed by atoms with Crippen molar-refractivity contribution in [1.82, 2.24) is 19.7 Å². The molecule has 29 heavy (non-hydrogen) atoms. The van der Waals surface area contributed by atoms with E-state index in [9.17, 15) is 0 Å². The topological polar surface area (TPSA) is 82.1 Å². The summed E-state index contributed by atoms with van der Waals surface area (Å²) in [7, 11) is 0. The Morgan fingerprint density at radius 3 is 2.66 bits per heavy atom. The van der Waals surface area contributed by atoms with Crippen LogP contribution >= 0.6 is 23.2 Å². The molecule has 0 unspecified atom stereocenters. The normalized spacial score (nSPS) is 20.1. The molecule has 3 aromatic rings. The molecule has 0 bridgehead atoms. The average molecular weight is 431 g/mol. The summed E-state index contributed by atoms with van der Waals surface area (Å²) in [6.07, 6.45) is 7.15. The summed E-state index contributed by atoms with van der Waals surface area (Å²) in [5, 5.41) is 5.19. The number of ether oxygens (including phenoxy) is 1. The van der Waals surface area contributed by atoms with Crippen molar-refractivity contribution in [3.63, 3.8) is 0 Å². The number of nitrogens with two attached hydrogens (primary N) is 1.